The van der Waals surface area contributed by atoms with Crippen molar-refractivity contribution in [1.29, 1.82) is 0 Å². The van der Waals surface area contributed by atoms with Crippen LogP contribution in [0.3, 0.4) is 0 Å². The molecule has 116 valence electrons. The standard InChI is InChI=1S/C19H16O4/c1-3-18(20)22-16-9-5-14(6-10-16)13-15-7-11-17(12-8-15)23-19(21)4-2/h3-12H,1-2,13H2. The molecule has 0 fully saturated rings. The number of esters is 2. The molecule has 0 saturated heterocycles. The van der Waals surface area contributed by atoms with Gasteiger partial charge in [-0.05, 0) is 41.8 Å². The van der Waals surface area contributed by atoms with E-state index in [9.17, 15) is 9.59 Å². The third-order valence-electron chi connectivity index (χ3n) is 3.03. The Labute approximate surface area is 134 Å². The zero-order valence-electron chi connectivity index (χ0n) is 12.5. The average molecular weight is 308 g/mol. The zero-order valence-corrected chi connectivity index (χ0v) is 12.5. The molecular weight excluding hydrogens is 292 g/mol. The van der Waals surface area contributed by atoms with E-state index in [0.717, 1.165) is 23.3 Å². The molecule has 23 heavy (non-hydrogen) atoms. The molecule has 0 bridgehead atoms. The lowest BCUT2D eigenvalue weighted by Gasteiger charge is -2.06. The largest absolute Gasteiger partial charge is 0.423 e. The van der Waals surface area contributed by atoms with Crippen molar-refractivity contribution in [1.82, 2.24) is 0 Å². The van der Waals surface area contributed by atoms with Crippen molar-refractivity contribution in [3.63, 3.8) is 0 Å². The summed E-state index contributed by atoms with van der Waals surface area (Å²) in [5.41, 5.74) is 2.14. The second-order valence-electron chi connectivity index (χ2n) is 4.72. The van der Waals surface area contributed by atoms with Crippen molar-refractivity contribution in [2.24, 2.45) is 0 Å². The number of hydrogen-bond donors (Lipinski definition) is 0. The Morgan fingerprint density at radius 1 is 0.739 bits per heavy atom. The van der Waals surface area contributed by atoms with Crippen LogP contribution in [0.4, 0.5) is 0 Å². The maximum atomic E-state index is 11.1. The van der Waals surface area contributed by atoms with Gasteiger partial charge in [-0.15, -0.1) is 0 Å². The normalized spacial score (nSPS) is 9.74. The Balaban J connectivity index is 1.99. The molecular formula is C19H16O4. The van der Waals surface area contributed by atoms with Crippen LogP contribution in [-0.4, -0.2) is 11.9 Å². The Bertz CT molecular complexity index is 649. The molecule has 4 heteroatoms. The minimum Gasteiger partial charge on any atom is -0.423 e. The quantitative estimate of drug-likeness (QED) is 0.466. The molecule has 0 heterocycles. The van der Waals surface area contributed by atoms with Crippen molar-refractivity contribution in [3.8, 4) is 11.5 Å². The van der Waals surface area contributed by atoms with E-state index in [2.05, 4.69) is 13.2 Å². The topological polar surface area (TPSA) is 52.6 Å². The lowest BCUT2D eigenvalue weighted by atomic mass is 10.0. The number of benzene rings is 2. The lowest BCUT2D eigenvalue weighted by molar-refractivity contribution is -0.129. The third-order valence-corrected chi connectivity index (χ3v) is 3.03. The van der Waals surface area contributed by atoms with E-state index in [1.165, 1.54) is 0 Å². The lowest BCUT2D eigenvalue weighted by Crippen LogP contribution is -2.03. The van der Waals surface area contributed by atoms with E-state index in [0.29, 0.717) is 17.9 Å². The molecule has 0 amide bonds. The van der Waals surface area contributed by atoms with Crippen LogP contribution in [0, 0.1) is 0 Å². The molecule has 4 nitrogen and oxygen atoms in total. The van der Waals surface area contributed by atoms with Crippen molar-refractivity contribution in [3.05, 3.63) is 85.0 Å². The highest BCUT2D eigenvalue weighted by atomic mass is 16.5. The van der Waals surface area contributed by atoms with Gasteiger partial charge in [0.2, 0.25) is 0 Å². The highest BCUT2D eigenvalue weighted by Crippen LogP contribution is 2.18. The van der Waals surface area contributed by atoms with Gasteiger partial charge >= 0.3 is 11.9 Å². The molecule has 0 aliphatic rings. The molecule has 0 aliphatic carbocycles. The van der Waals surface area contributed by atoms with Gasteiger partial charge in [-0.1, -0.05) is 37.4 Å². The second kappa shape index (κ2) is 7.75. The number of hydrogen-bond acceptors (Lipinski definition) is 4. The minimum atomic E-state index is -0.484. The monoisotopic (exact) mass is 308 g/mol. The van der Waals surface area contributed by atoms with E-state index in [4.69, 9.17) is 9.47 Å². The van der Waals surface area contributed by atoms with Gasteiger partial charge in [0.05, 0.1) is 0 Å². The summed E-state index contributed by atoms with van der Waals surface area (Å²) in [6.07, 6.45) is 2.95. The third kappa shape index (κ3) is 4.97. The average Bonchev–Trinajstić information content (AvgIpc) is 2.58. The Morgan fingerprint density at radius 2 is 1.09 bits per heavy atom. The molecule has 0 saturated carbocycles. The van der Waals surface area contributed by atoms with Gasteiger partial charge in [0, 0.05) is 12.2 Å². The van der Waals surface area contributed by atoms with E-state index in [1.54, 1.807) is 24.3 Å². The summed E-state index contributed by atoms with van der Waals surface area (Å²) in [5, 5.41) is 0. The van der Waals surface area contributed by atoms with Crippen LogP contribution in [-0.2, 0) is 16.0 Å². The van der Waals surface area contributed by atoms with Crippen molar-refractivity contribution in [2.45, 2.75) is 6.42 Å². The molecule has 0 atom stereocenters. The molecule has 2 rings (SSSR count). The van der Waals surface area contributed by atoms with Crippen molar-refractivity contribution in [2.75, 3.05) is 0 Å². The molecule has 2 aromatic rings. The molecule has 0 radical (unpaired) electrons. The van der Waals surface area contributed by atoms with E-state index < -0.39 is 11.9 Å². The summed E-state index contributed by atoms with van der Waals surface area (Å²) < 4.78 is 10.0. The molecule has 0 unspecified atom stereocenters. The highest BCUT2D eigenvalue weighted by molar-refractivity contribution is 5.83. The van der Waals surface area contributed by atoms with Crippen molar-refractivity contribution < 1.29 is 19.1 Å². The predicted molar refractivity (Wildman–Crippen MR) is 87.4 cm³/mol. The fourth-order valence-electron chi connectivity index (χ4n) is 1.90. The molecule has 0 aromatic heterocycles. The molecule has 2 aromatic carbocycles. The maximum Gasteiger partial charge on any atom is 0.335 e. The summed E-state index contributed by atoms with van der Waals surface area (Å²) in [4.78, 5) is 22.2. The highest BCUT2D eigenvalue weighted by Gasteiger charge is 2.03. The van der Waals surface area contributed by atoms with Crippen LogP contribution in [0.15, 0.2) is 73.8 Å². The fraction of sp³-hybridized carbons (Fsp3) is 0.0526. The Hall–Kier alpha value is -3.14. The Morgan fingerprint density at radius 3 is 1.39 bits per heavy atom. The van der Waals surface area contributed by atoms with Gasteiger partial charge in [-0.2, -0.15) is 0 Å². The van der Waals surface area contributed by atoms with Crippen LogP contribution >= 0.6 is 0 Å². The van der Waals surface area contributed by atoms with Gasteiger partial charge < -0.3 is 9.47 Å². The van der Waals surface area contributed by atoms with Crippen LogP contribution in [0.5, 0.6) is 11.5 Å². The minimum absolute atomic E-state index is 0.477. The van der Waals surface area contributed by atoms with Gasteiger partial charge in [0.15, 0.2) is 0 Å². The van der Waals surface area contributed by atoms with E-state index >= 15 is 0 Å². The number of ether oxygens (including phenoxy) is 2. The molecule has 0 spiro atoms. The Kier molecular flexibility index (Phi) is 5.47. The van der Waals surface area contributed by atoms with Gasteiger partial charge in [-0.3, -0.25) is 0 Å². The van der Waals surface area contributed by atoms with Crippen LogP contribution in [0.2, 0.25) is 0 Å². The summed E-state index contributed by atoms with van der Waals surface area (Å²) in [5.74, 6) is -0.0134. The maximum absolute atomic E-state index is 11.1. The van der Waals surface area contributed by atoms with Crippen LogP contribution < -0.4 is 9.47 Å². The SMILES string of the molecule is C=CC(=O)Oc1ccc(Cc2ccc(OC(=O)C=C)cc2)cc1. The van der Waals surface area contributed by atoms with Gasteiger partial charge in [0.25, 0.3) is 0 Å². The summed E-state index contributed by atoms with van der Waals surface area (Å²) in [7, 11) is 0. The first-order valence-corrected chi connectivity index (χ1v) is 6.97. The molecule has 0 aliphatic heterocycles. The van der Waals surface area contributed by atoms with Crippen LogP contribution in [0.25, 0.3) is 0 Å². The number of carbonyl (C=O) groups excluding carboxylic acids is 2. The first-order chi connectivity index (χ1) is 11.1. The smallest absolute Gasteiger partial charge is 0.335 e. The first kappa shape index (κ1) is 16.2. The van der Waals surface area contributed by atoms with Crippen LogP contribution in [0.1, 0.15) is 11.1 Å². The van der Waals surface area contributed by atoms with Gasteiger partial charge in [-0.25, -0.2) is 9.59 Å². The summed E-state index contributed by atoms with van der Waals surface area (Å²) in [6, 6.07) is 14.5. The fourth-order valence-corrected chi connectivity index (χ4v) is 1.90. The van der Waals surface area contributed by atoms with Gasteiger partial charge in [0.1, 0.15) is 11.5 Å². The summed E-state index contributed by atoms with van der Waals surface area (Å²) in [6.45, 7) is 6.70. The predicted octanol–water partition coefficient (Wildman–Crippen LogP) is 3.46. The second-order valence-corrected chi connectivity index (χ2v) is 4.72. The molecule has 0 N–H and O–H groups in total. The summed E-state index contributed by atoms with van der Waals surface area (Å²) >= 11 is 0. The van der Waals surface area contributed by atoms with E-state index in [1.807, 2.05) is 24.3 Å². The van der Waals surface area contributed by atoms with E-state index in [-0.39, 0.29) is 0 Å². The number of rotatable bonds is 6. The number of carbonyl (C=O) groups is 2. The first-order valence-electron chi connectivity index (χ1n) is 6.97. The zero-order chi connectivity index (χ0) is 16.7. The van der Waals surface area contributed by atoms with Crippen molar-refractivity contribution >= 4 is 11.9 Å².